The summed E-state index contributed by atoms with van der Waals surface area (Å²) in [6.07, 6.45) is 0. The Hall–Kier alpha value is -3.52. The van der Waals surface area contributed by atoms with Crippen molar-refractivity contribution in [1.82, 2.24) is 25.6 Å². The molecule has 0 saturated carbocycles. The molecule has 2 aromatic carbocycles. The van der Waals surface area contributed by atoms with Crippen LogP contribution in [0.4, 0.5) is 0 Å². The van der Waals surface area contributed by atoms with Gasteiger partial charge in [0.25, 0.3) is 11.8 Å². The van der Waals surface area contributed by atoms with Crippen LogP contribution in [0.3, 0.4) is 0 Å². The van der Waals surface area contributed by atoms with Gasteiger partial charge in [-0.15, -0.1) is 0 Å². The van der Waals surface area contributed by atoms with Crippen molar-refractivity contribution < 1.29 is 13.8 Å². The van der Waals surface area contributed by atoms with Crippen molar-refractivity contribution in [3.63, 3.8) is 0 Å². The van der Waals surface area contributed by atoms with Gasteiger partial charge in [-0.1, -0.05) is 54.0 Å². The molecule has 4 aromatic rings. The molecule has 30 heavy (non-hydrogen) atoms. The van der Waals surface area contributed by atoms with E-state index in [1.807, 2.05) is 19.9 Å². The zero-order chi connectivity index (χ0) is 21.1. The van der Waals surface area contributed by atoms with E-state index in [9.17, 15) is 4.79 Å². The lowest BCUT2D eigenvalue weighted by atomic mass is 10.1. The van der Waals surface area contributed by atoms with Crippen molar-refractivity contribution >= 4 is 17.5 Å². The number of aromatic nitrogens is 4. The lowest BCUT2D eigenvalue weighted by Crippen LogP contribution is -2.23. The fourth-order valence-corrected chi connectivity index (χ4v) is 2.87. The molecule has 0 bridgehead atoms. The third-order valence-electron chi connectivity index (χ3n) is 4.29. The summed E-state index contributed by atoms with van der Waals surface area (Å²) in [4.78, 5) is 21.0. The number of carbonyl (C=O) groups is 1. The Labute approximate surface area is 177 Å². The number of amides is 1. The largest absolute Gasteiger partial charge is 0.345 e. The first-order valence-electron chi connectivity index (χ1n) is 9.30. The van der Waals surface area contributed by atoms with Crippen LogP contribution in [0.5, 0.6) is 0 Å². The van der Waals surface area contributed by atoms with E-state index in [0.717, 1.165) is 5.56 Å². The maximum atomic E-state index is 12.4. The maximum absolute atomic E-state index is 12.4. The summed E-state index contributed by atoms with van der Waals surface area (Å²) in [5.41, 5.74) is 1.97. The van der Waals surface area contributed by atoms with Crippen molar-refractivity contribution in [2.75, 3.05) is 0 Å². The van der Waals surface area contributed by atoms with Gasteiger partial charge in [0.05, 0.1) is 6.54 Å². The molecule has 2 heterocycles. The number of nitrogens with zero attached hydrogens (tertiary/aromatic N) is 4. The molecule has 0 spiro atoms. The molecule has 9 heteroatoms. The SMILES string of the molecule is CC(C)c1nc(-c2ccc(C(=O)NCc3noc(-c4cccc(Cl)c4)n3)cc2)no1. The monoisotopic (exact) mass is 423 g/mol. The summed E-state index contributed by atoms with van der Waals surface area (Å²) in [6, 6.07) is 14.0. The van der Waals surface area contributed by atoms with Crippen LogP contribution in [0.15, 0.2) is 57.6 Å². The Morgan fingerprint density at radius 3 is 2.53 bits per heavy atom. The lowest BCUT2D eigenvalue weighted by Gasteiger charge is -2.03. The van der Waals surface area contributed by atoms with Gasteiger partial charge >= 0.3 is 0 Å². The Balaban J connectivity index is 1.38. The highest BCUT2D eigenvalue weighted by Gasteiger charge is 2.14. The van der Waals surface area contributed by atoms with Crippen molar-refractivity contribution in [2.45, 2.75) is 26.3 Å². The number of nitrogens with one attached hydrogen (secondary N) is 1. The van der Waals surface area contributed by atoms with Gasteiger partial charge in [0.2, 0.25) is 11.7 Å². The molecule has 1 amide bonds. The van der Waals surface area contributed by atoms with Gasteiger partial charge in [-0.2, -0.15) is 9.97 Å². The molecular formula is C21H18ClN5O3. The van der Waals surface area contributed by atoms with Crippen LogP contribution in [-0.2, 0) is 6.54 Å². The first-order valence-corrected chi connectivity index (χ1v) is 9.68. The van der Waals surface area contributed by atoms with Crippen molar-refractivity contribution in [3.8, 4) is 22.8 Å². The average Bonchev–Trinajstić information content (AvgIpc) is 3.42. The van der Waals surface area contributed by atoms with E-state index < -0.39 is 0 Å². The minimum atomic E-state index is -0.258. The van der Waals surface area contributed by atoms with Crippen molar-refractivity contribution in [2.24, 2.45) is 0 Å². The van der Waals surface area contributed by atoms with Crippen LogP contribution in [0, 0.1) is 0 Å². The summed E-state index contributed by atoms with van der Waals surface area (Å²) in [5.74, 6) is 1.66. The third kappa shape index (κ3) is 4.38. The van der Waals surface area contributed by atoms with Gasteiger partial charge in [0.15, 0.2) is 5.82 Å². The van der Waals surface area contributed by atoms with Gasteiger partial charge < -0.3 is 14.4 Å². The summed E-state index contributed by atoms with van der Waals surface area (Å²) in [6.45, 7) is 4.09. The van der Waals surface area contributed by atoms with Gasteiger partial charge in [-0.3, -0.25) is 4.79 Å². The van der Waals surface area contributed by atoms with Gasteiger partial charge in [0.1, 0.15) is 0 Å². The minimum Gasteiger partial charge on any atom is -0.345 e. The molecule has 0 aliphatic carbocycles. The molecule has 8 nitrogen and oxygen atoms in total. The van der Waals surface area contributed by atoms with Crippen LogP contribution in [0.25, 0.3) is 22.8 Å². The first-order chi connectivity index (χ1) is 14.5. The molecule has 1 N–H and O–H groups in total. The first kappa shape index (κ1) is 19.8. The number of hydrogen-bond donors (Lipinski definition) is 1. The van der Waals surface area contributed by atoms with Gasteiger partial charge in [-0.25, -0.2) is 0 Å². The number of rotatable bonds is 6. The van der Waals surface area contributed by atoms with E-state index in [1.165, 1.54) is 0 Å². The van der Waals surface area contributed by atoms with E-state index in [0.29, 0.717) is 39.6 Å². The van der Waals surface area contributed by atoms with Crippen LogP contribution < -0.4 is 5.32 Å². The quantitative estimate of drug-likeness (QED) is 0.486. The van der Waals surface area contributed by atoms with Crippen LogP contribution >= 0.6 is 11.6 Å². The molecule has 2 aromatic heterocycles. The Bertz CT molecular complexity index is 1170. The lowest BCUT2D eigenvalue weighted by molar-refractivity contribution is 0.0949. The van der Waals surface area contributed by atoms with Crippen molar-refractivity contribution in [3.05, 3.63) is 70.8 Å². The Kier molecular flexibility index (Phi) is 5.58. The van der Waals surface area contributed by atoms with Crippen LogP contribution in [-0.4, -0.2) is 26.2 Å². The number of halogens is 1. The summed E-state index contributed by atoms with van der Waals surface area (Å²) in [5, 5.41) is 11.2. The predicted molar refractivity (Wildman–Crippen MR) is 110 cm³/mol. The van der Waals surface area contributed by atoms with Crippen LogP contribution in [0.2, 0.25) is 5.02 Å². The van der Waals surface area contributed by atoms with Gasteiger partial charge in [-0.05, 0) is 30.3 Å². The number of benzene rings is 2. The second-order valence-corrected chi connectivity index (χ2v) is 7.33. The standard InChI is InChI=1S/C21H18ClN5O3/c1-12(2)20-25-18(27-29-20)13-6-8-14(9-7-13)19(28)23-11-17-24-21(30-26-17)15-4-3-5-16(22)10-15/h3-10,12H,11H2,1-2H3,(H,23,28). The van der Waals surface area contributed by atoms with Crippen molar-refractivity contribution in [1.29, 1.82) is 0 Å². The highest BCUT2D eigenvalue weighted by atomic mass is 35.5. The summed E-state index contributed by atoms with van der Waals surface area (Å²) >= 11 is 5.98. The van der Waals surface area contributed by atoms with E-state index in [4.69, 9.17) is 20.6 Å². The zero-order valence-electron chi connectivity index (χ0n) is 16.3. The molecule has 0 aliphatic rings. The highest BCUT2D eigenvalue weighted by Crippen LogP contribution is 2.21. The topological polar surface area (TPSA) is 107 Å². The molecule has 0 fully saturated rings. The summed E-state index contributed by atoms with van der Waals surface area (Å²) < 4.78 is 10.4. The summed E-state index contributed by atoms with van der Waals surface area (Å²) in [7, 11) is 0. The maximum Gasteiger partial charge on any atom is 0.258 e. The molecule has 0 unspecified atom stereocenters. The molecular weight excluding hydrogens is 406 g/mol. The van der Waals surface area contributed by atoms with E-state index in [2.05, 4.69) is 25.6 Å². The van der Waals surface area contributed by atoms with E-state index in [-0.39, 0.29) is 18.4 Å². The molecule has 0 saturated heterocycles. The molecule has 0 aliphatic heterocycles. The number of carbonyl (C=O) groups excluding carboxylic acids is 1. The second kappa shape index (κ2) is 8.46. The average molecular weight is 424 g/mol. The normalized spacial score (nSPS) is 11.1. The fourth-order valence-electron chi connectivity index (χ4n) is 2.68. The zero-order valence-corrected chi connectivity index (χ0v) is 17.1. The molecule has 4 rings (SSSR count). The van der Waals surface area contributed by atoms with E-state index >= 15 is 0 Å². The number of hydrogen-bond acceptors (Lipinski definition) is 7. The smallest absolute Gasteiger partial charge is 0.258 e. The molecule has 152 valence electrons. The molecule has 0 radical (unpaired) electrons. The fraction of sp³-hybridized carbons (Fsp3) is 0.190. The Morgan fingerprint density at radius 2 is 1.83 bits per heavy atom. The highest BCUT2D eigenvalue weighted by molar-refractivity contribution is 6.30. The van der Waals surface area contributed by atoms with Crippen LogP contribution in [0.1, 0.15) is 41.8 Å². The van der Waals surface area contributed by atoms with E-state index in [1.54, 1.807) is 42.5 Å². The third-order valence-corrected chi connectivity index (χ3v) is 4.52. The predicted octanol–water partition coefficient (Wildman–Crippen LogP) is 4.49. The minimum absolute atomic E-state index is 0.132. The second-order valence-electron chi connectivity index (χ2n) is 6.90. The molecule has 0 atom stereocenters. The Morgan fingerprint density at radius 1 is 1.03 bits per heavy atom. The van der Waals surface area contributed by atoms with Gasteiger partial charge in [0, 0.05) is 27.6 Å².